The van der Waals surface area contributed by atoms with Crippen LogP contribution in [0.15, 0.2) is 4.58 Å². The largest absolute Gasteiger partial charge is 0.393 e. The average Bonchev–Trinajstić information content (AvgIpc) is 2.35. The van der Waals surface area contributed by atoms with E-state index >= 15 is 0 Å². The Kier molecular flexibility index (Phi) is 4.15. The van der Waals surface area contributed by atoms with Gasteiger partial charge >= 0.3 is 0 Å². The van der Waals surface area contributed by atoms with E-state index in [0.29, 0.717) is 12.1 Å². The fourth-order valence-corrected chi connectivity index (χ4v) is 2.38. The summed E-state index contributed by atoms with van der Waals surface area (Å²) in [5.74, 6) is 0. The van der Waals surface area contributed by atoms with Crippen LogP contribution in [-0.2, 0) is 0 Å². The summed E-state index contributed by atoms with van der Waals surface area (Å²) in [5, 5.41) is 9.38. The molecule has 2 fully saturated rings. The van der Waals surface area contributed by atoms with Gasteiger partial charge in [-0.3, -0.25) is 0 Å². The smallest absolute Gasteiger partial charge is 0.0570 e. The third-order valence-electron chi connectivity index (χ3n) is 3.07. The maximum absolute atomic E-state index is 9.38. The molecule has 0 spiro atoms. The number of nitrogens with zero attached hydrogens (tertiary/aromatic N) is 2. The number of rotatable bonds is 0. The van der Waals surface area contributed by atoms with Gasteiger partial charge < -0.3 is 10.0 Å². The highest BCUT2D eigenvalue weighted by Gasteiger charge is 2.37. The first-order valence-corrected chi connectivity index (χ1v) is 4.95. The molecule has 0 aromatic rings. The first-order chi connectivity index (χ1) is 6.19. The Balaban J connectivity index is 0.000000251. The summed E-state index contributed by atoms with van der Waals surface area (Å²) in [6, 6.07) is 1.38. The lowest BCUT2D eigenvalue weighted by atomic mass is 10.0. The van der Waals surface area contributed by atoms with Crippen molar-refractivity contribution in [3.8, 4) is 0 Å². The molecule has 2 saturated heterocycles. The van der Waals surface area contributed by atoms with Crippen molar-refractivity contribution >= 4 is 12.8 Å². The monoisotopic (exact) mass is 204 g/mol. The number of aliphatic hydroxyl groups excluding tert-OH is 1. The number of piperidine rings is 1. The molecule has 0 amide bonds. The van der Waals surface area contributed by atoms with E-state index in [0.717, 1.165) is 12.8 Å². The summed E-state index contributed by atoms with van der Waals surface area (Å²) in [7, 11) is 2.19. The van der Waals surface area contributed by atoms with Gasteiger partial charge in [-0.25, -0.2) is 0 Å². The second-order valence-corrected chi connectivity index (χ2v) is 3.92. The molecule has 0 radical (unpaired) electrons. The standard InChI is InChI=1S/C8H15NO.HNOS/c1-9-6-2-3-7(9)5-8(10)4-6;2-1-3/h6-8,10H,2-5H2,1H3;(H,2,3)/t6-,7+,8+;. The lowest BCUT2D eigenvalue weighted by molar-refractivity contribution is 0.0503. The van der Waals surface area contributed by atoms with Crippen molar-refractivity contribution < 1.29 is 5.11 Å². The Bertz CT molecular complexity index is 166. The minimum Gasteiger partial charge on any atom is -0.393 e. The third-order valence-corrected chi connectivity index (χ3v) is 3.07. The molecule has 2 aliphatic rings. The van der Waals surface area contributed by atoms with Gasteiger partial charge in [-0.1, -0.05) is 0 Å². The predicted octanol–water partition coefficient (Wildman–Crippen LogP) is 1.20. The van der Waals surface area contributed by atoms with Crippen molar-refractivity contribution in [2.75, 3.05) is 7.05 Å². The quantitative estimate of drug-likeness (QED) is 0.460. The van der Waals surface area contributed by atoms with Crippen molar-refractivity contribution in [2.24, 2.45) is 4.58 Å². The topological polar surface area (TPSA) is 52.9 Å². The van der Waals surface area contributed by atoms with Crippen LogP contribution in [0, 0.1) is 4.91 Å². The van der Waals surface area contributed by atoms with Crippen LogP contribution >= 0.6 is 12.8 Å². The average molecular weight is 204 g/mol. The van der Waals surface area contributed by atoms with Crippen LogP contribution in [-0.4, -0.2) is 35.2 Å². The molecule has 3 atom stereocenters. The highest BCUT2D eigenvalue weighted by Crippen LogP contribution is 2.33. The Morgan fingerprint density at radius 2 is 1.77 bits per heavy atom. The maximum Gasteiger partial charge on any atom is 0.0570 e. The predicted molar refractivity (Wildman–Crippen MR) is 54.6 cm³/mol. The number of thiol groups is 1. The van der Waals surface area contributed by atoms with Crippen molar-refractivity contribution in [3.05, 3.63) is 4.91 Å². The zero-order chi connectivity index (χ0) is 9.84. The van der Waals surface area contributed by atoms with Crippen LogP contribution in [0.4, 0.5) is 0 Å². The summed E-state index contributed by atoms with van der Waals surface area (Å²) in [5.41, 5.74) is 0. The van der Waals surface area contributed by atoms with E-state index in [1.807, 2.05) is 4.58 Å². The number of hydrogen-bond acceptors (Lipinski definition) is 4. The first-order valence-electron chi connectivity index (χ1n) is 4.55. The van der Waals surface area contributed by atoms with Crippen molar-refractivity contribution in [2.45, 2.75) is 43.9 Å². The number of fused-ring (bicyclic) bond motifs is 2. The van der Waals surface area contributed by atoms with E-state index < -0.39 is 0 Å². The van der Waals surface area contributed by atoms with Crippen molar-refractivity contribution in [3.63, 3.8) is 0 Å². The molecule has 0 aliphatic carbocycles. The maximum atomic E-state index is 9.38. The fraction of sp³-hybridized carbons (Fsp3) is 1.00. The molecule has 1 N–H and O–H groups in total. The minimum atomic E-state index is -0.00583. The van der Waals surface area contributed by atoms with Gasteiger partial charge in [0.25, 0.3) is 0 Å². The van der Waals surface area contributed by atoms with E-state index in [2.05, 4.69) is 24.8 Å². The highest BCUT2D eigenvalue weighted by atomic mass is 32.1. The fourth-order valence-electron chi connectivity index (χ4n) is 2.38. The molecule has 2 aliphatic heterocycles. The van der Waals surface area contributed by atoms with Gasteiger partial charge in [0.1, 0.15) is 0 Å². The summed E-state index contributed by atoms with van der Waals surface area (Å²) in [4.78, 5) is 10.9. The third kappa shape index (κ3) is 2.65. The minimum absolute atomic E-state index is 0.00583. The zero-order valence-electron chi connectivity index (χ0n) is 7.76. The molecule has 0 saturated carbocycles. The molecule has 2 rings (SSSR count). The molecule has 5 heteroatoms. The van der Waals surface area contributed by atoms with E-state index in [4.69, 9.17) is 4.91 Å². The van der Waals surface area contributed by atoms with E-state index in [9.17, 15) is 5.11 Å². The number of nitroso groups, excluding NO2 is 1. The summed E-state index contributed by atoms with van der Waals surface area (Å²) in [6.45, 7) is 0. The molecule has 76 valence electrons. The Morgan fingerprint density at radius 3 is 2.15 bits per heavy atom. The summed E-state index contributed by atoms with van der Waals surface area (Å²) < 4.78 is 1.94. The van der Waals surface area contributed by atoms with Crippen LogP contribution in [0.25, 0.3) is 0 Å². The molecular weight excluding hydrogens is 188 g/mol. The van der Waals surface area contributed by atoms with Crippen LogP contribution in [0.5, 0.6) is 0 Å². The van der Waals surface area contributed by atoms with Gasteiger partial charge in [-0.05, 0) is 32.7 Å². The SMILES string of the molecule is CN1[C@@H]2CC[C@H]1C[C@@H](O)C2.O=NS. The van der Waals surface area contributed by atoms with Crippen molar-refractivity contribution in [1.82, 2.24) is 4.90 Å². The molecule has 0 unspecified atom stereocenters. The lowest BCUT2D eigenvalue weighted by Gasteiger charge is -2.33. The number of hydrogen-bond donors (Lipinski definition) is 2. The molecule has 0 aromatic heterocycles. The van der Waals surface area contributed by atoms with Gasteiger partial charge in [-0.2, -0.15) is 0 Å². The van der Waals surface area contributed by atoms with Crippen LogP contribution in [0.2, 0.25) is 0 Å². The molecule has 2 heterocycles. The van der Waals surface area contributed by atoms with Crippen LogP contribution in [0.1, 0.15) is 25.7 Å². The van der Waals surface area contributed by atoms with Gasteiger partial charge in [0.2, 0.25) is 0 Å². The summed E-state index contributed by atoms with van der Waals surface area (Å²) in [6.07, 6.45) is 4.62. The normalized spacial score (nSPS) is 37.9. The summed E-state index contributed by atoms with van der Waals surface area (Å²) >= 11 is 2.86. The molecule has 2 bridgehead atoms. The second-order valence-electron chi connectivity index (χ2n) is 3.76. The molecule has 4 nitrogen and oxygen atoms in total. The molecule has 13 heavy (non-hydrogen) atoms. The van der Waals surface area contributed by atoms with Gasteiger partial charge in [0, 0.05) is 29.5 Å². The van der Waals surface area contributed by atoms with E-state index in [1.165, 1.54) is 12.8 Å². The van der Waals surface area contributed by atoms with E-state index in [-0.39, 0.29) is 6.10 Å². The van der Waals surface area contributed by atoms with Gasteiger partial charge in [0.15, 0.2) is 0 Å². The molecular formula is C8H16N2O2S. The Labute approximate surface area is 83.8 Å². The first kappa shape index (κ1) is 10.9. The number of aliphatic hydroxyl groups is 1. The van der Waals surface area contributed by atoms with Crippen LogP contribution < -0.4 is 0 Å². The second kappa shape index (κ2) is 4.93. The highest BCUT2D eigenvalue weighted by molar-refractivity contribution is 7.78. The van der Waals surface area contributed by atoms with E-state index in [1.54, 1.807) is 0 Å². The van der Waals surface area contributed by atoms with Gasteiger partial charge in [0.05, 0.1) is 6.10 Å². The molecule has 0 aromatic carbocycles. The van der Waals surface area contributed by atoms with Gasteiger partial charge in [-0.15, -0.1) is 4.91 Å². The lowest BCUT2D eigenvalue weighted by Crippen LogP contribution is -2.41. The zero-order valence-corrected chi connectivity index (χ0v) is 8.65. The van der Waals surface area contributed by atoms with Crippen molar-refractivity contribution in [1.29, 1.82) is 0 Å². The van der Waals surface area contributed by atoms with Crippen LogP contribution in [0.3, 0.4) is 0 Å². The Hall–Kier alpha value is -0.130. The Morgan fingerprint density at radius 1 is 1.38 bits per heavy atom.